The van der Waals surface area contributed by atoms with Crippen LogP contribution >= 0.6 is 0 Å². The smallest absolute Gasteiger partial charge is 0.221 e. The van der Waals surface area contributed by atoms with Crippen molar-refractivity contribution < 1.29 is 25.3 Å². The highest BCUT2D eigenvalue weighted by Gasteiger charge is 2.24. The van der Waals surface area contributed by atoms with E-state index >= 15 is 0 Å². The van der Waals surface area contributed by atoms with E-state index in [1.165, 1.54) is 0 Å². The van der Waals surface area contributed by atoms with Gasteiger partial charge in [0.05, 0.1) is 0 Å². The lowest BCUT2D eigenvalue weighted by molar-refractivity contribution is 0.554. The summed E-state index contributed by atoms with van der Waals surface area (Å²) in [7, 11) is -11.9. The molecule has 18 heavy (non-hydrogen) atoms. The highest BCUT2D eigenvalue weighted by Crippen LogP contribution is 2.10. The first-order chi connectivity index (χ1) is 7.82. The largest absolute Gasteiger partial charge is 0.252 e. The topological polar surface area (TPSA) is 141 Å². The normalized spacial score (nSPS) is 13.5. The van der Waals surface area contributed by atoms with Crippen LogP contribution in [-0.2, 0) is 29.5 Å². The summed E-state index contributed by atoms with van der Waals surface area (Å²) in [4.78, 5) is 9.68. The van der Waals surface area contributed by atoms with Gasteiger partial charge in [0.1, 0.15) is 0 Å². The minimum atomic E-state index is -3.96. The standard InChI is InChI=1S/C6H9N3O6S3/c1-16(10,11)4-7-5(17(2,12)13)9-6(8-4)18(3,14)15/h1-3H3. The second-order valence-electron chi connectivity index (χ2n) is 3.50. The van der Waals surface area contributed by atoms with E-state index in [1.807, 2.05) is 0 Å². The van der Waals surface area contributed by atoms with E-state index in [4.69, 9.17) is 0 Å². The number of sulfone groups is 3. The van der Waals surface area contributed by atoms with Crippen LogP contribution in [0.5, 0.6) is 0 Å². The van der Waals surface area contributed by atoms with E-state index in [2.05, 4.69) is 15.0 Å². The molecule has 12 heteroatoms. The molecule has 102 valence electrons. The fourth-order valence-electron chi connectivity index (χ4n) is 0.818. The molecule has 0 fully saturated rings. The first kappa shape index (κ1) is 14.9. The maximum absolute atomic E-state index is 11.2. The van der Waals surface area contributed by atoms with Gasteiger partial charge in [-0.15, -0.1) is 0 Å². The second-order valence-corrected chi connectivity index (χ2v) is 9.23. The van der Waals surface area contributed by atoms with Gasteiger partial charge in [-0.05, 0) is 0 Å². The zero-order chi connectivity index (χ0) is 14.4. The molecule has 1 aromatic heterocycles. The Labute approximate surface area is 104 Å². The molecule has 0 amide bonds. The summed E-state index contributed by atoms with van der Waals surface area (Å²) in [5, 5.41) is -2.71. The quantitative estimate of drug-likeness (QED) is 0.624. The van der Waals surface area contributed by atoms with Gasteiger partial charge in [-0.3, -0.25) is 0 Å². The van der Waals surface area contributed by atoms with Crippen molar-refractivity contribution in [1.29, 1.82) is 0 Å². The van der Waals surface area contributed by atoms with Crippen LogP contribution in [0.1, 0.15) is 0 Å². The Morgan fingerprint density at radius 2 is 0.722 bits per heavy atom. The summed E-state index contributed by atoms with van der Waals surface area (Å²) in [5.74, 6) is 0. The van der Waals surface area contributed by atoms with Crippen LogP contribution in [0.3, 0.4) is 0 Å². The molecule has 9 nitrogen and oxygen atoms in total. The molecule has 0 unspecified atom stereocenters. The fourth-order valence-corrected chi connectivity index (χ4v) is 2.51. The molecule has 0 aliphatic carbocycles. The predicted octanol–water partition coefficient (Wildman–Crippen LogP) is -1.92. The van der Waals surface area contributed by atoms with Gasteiger partial charge in [0.25, 0.3) is 15.5 Å². The van der Waals surface area contributed by atoms with Crippen molar-refractivity contribution in [2.75, 3.05) is 18.8 Å². The van der Waals surface area contributed by atoms with E-state index in [0.717, 1.165) is 18.8 Å². The van der Waals surface area contributed by atoms with Crippen LogP contribution in [0.15, 0.2) is 15.5 Å². The first-order valence-electron chi connectivity index (χ1n) is 4.18. The molecular weight excluding hydrogens is 306 g/mol. The van der Waals surface area contributed by atoms with Crippen LogP contribution in [0, 0.1) is 0 Å². The van der Waals surface area contributed by atoms with Gasteiger partial charge in [-0.1, -0.05) is 0 Å². The molecule has 1 heterocycles. The summed E-state index contributed by atoms with van der Waals surface area (Å²) < 4.78 is 67.5. The van der Waals surface area contributed by atoms with E-state index in [1.54, 1.807) is 0 Å². The molecule has 0 aromatic carbocycles. The van der Waals surface area contributed by atoms with E-state index in [-0.39, 0.29) is 0 Å². The Kier molecular flexibility index (Phi) is 3.49. The highest BCUT2D eigenvalue weighted by atomic mass is 32.2. The van der Waals surface area contributed by atoms with Crippen LogP contribution in [0.25, 0.3) is 0 Å². The van der Waals surface area contributed by atoms with Gasteiger partial charge in [0.15, 0.2) is 0 Å². The predicted molar refractivity (Wildman–Crippen MR) is 59.2 cm³/mol. The molecule has 0 aliphatic heterocycles. The summed E-state index contributed by atoms with van der Waals surface area (Å²) in [6.07, 6.45) is 2.17. The maximum Gasteiger partial charge on any atom is 0.252 e. The summed E-state index contributed by atoms with van der Waals surface area (Å²) >= 11 is 0. The molecule has 1 rings (SSSR count). The molecule has 0 bridgehead atoms. The number of rotatable bonds is 3. The minimum absolute atomic E-state index is 0.723. The molecule has 0 atom stereocenters. The van der Waals surface area contributed by atoms with Crippen molar-refractivity contribution >= 4 is 29.5 Å². The Balaban J connectivity index is 3.82. The van der Waals surface area contributed by atoms with Crippen molar-refractivity contribution in [2.45, 2.75) is 15.5 Å². The Morgan fingerprint density at radius 1 is 0.556 bits per heavy atom. The van der Waals surface area contributed by atoms with Gasteiger partial charge in [0.2, 0.25) is 29.5 Å². The Hall–Kier alpha value is -1.14. The lowest BCUT2D eigenvalue weighted by atomic mass is 11.1. The van der Waals surface area contributed by atoms with Crippen LogP contribution in [0.2, 0.25) is 0 Å². The van der Waals surface area contributed by atoms with E-state index in [0.29, 0.717) is 0 Å². The maximum atomic E-state index is 11.2. The minimum Gasteiger partial charge on any atom is -0.221 e. The van der Waals surface area contributed by atoms with Crippen LogP contribution < -0.4 is 0 Å². The lowest BCUT2D eigenvalue weighted by Crippen LogP contribution is -2.16. The van der Waals surface area contributed by atoms with Gasteiger partial charge < -0.3 is 0 Å². The number of hydrogen-bond acceptors (Lipinski definition) is 9. The average Bonchev–Trinajstić information content (AvgIpc) is 2.13. The second kappa shape index (κ2) is 4.20. The van der Waals surface area contributed by atoms with Crippen LogP contribution in [0.4, 0.5) is 0 Å². The average molecular weight is 315 g/mol. The van der Waals surface area contributed by atoms with Crippen molar-refractivity contribution in [3.63, 3.8) is 0 Å². The third-order valence-electron chi connectivity index (χ3n) is 1.57. The van der Waals surface area contributed by atoms with Gasteiger partial charge in [-0.25, -0.2) is 25.3 Å². The van der Waals surface area contributed by atoms with Gasteiger partial charge in [0, 0.05) is 18.8 Å². The van der Waals surface area contributed by atoms with Gasteiger partial charge >= 0.3 is 0 Å². The molecular formula is C6H9N3O6S3. The SMILES string of the molecule is CS(=O)(=O)c1nc(S(C)(=O)=O)nc(S(C)(=O)=O)n1. The number of hydrogen-bond donors (Lipinski definition) is 0. The molecule has 0 saturated carbocycles. The van der Waals surface area contributed by atoms with E-state index in [9.17, 15) is 25.3 Å². The number of nitrogens with zero attached hydrogens (tertiary/aromatic N) is 3. The Bertz CT molecular complexity index is 671. The van der Waals surface area contributed by atoms with Crippen molar-refractivity contribution in [1.82, 2.24) is 15.0 Å². The third kappa shape index (κ3) is 3.43. The highest BCUT2D eigenvalue weighted by molar-refractivity contribution is 7.91. The zero-order valence-corrected chi connectivity index (χ0v) is 12.0. The summed E-state index contributed by atoms with van der Waals surface area (Å²) in [6, 6.07) is 0. The fraction of sp³-hybridized carbons (Fsp3) is 0.500. The molecule has 0 N–H and O–H groups in total. The van der Waals surface area contributed by atoms with Crippen molar-refractivity contribution in [3.05, 3.63) is 0 Å². The monoisotopic (exact) mass is 315 g/mol. The molecule has 1 aromatic rings. The summed E-state index contributed by atoms with van der Waals surface area (Å²) in [6.45, 7) is 0. The molecule has 0 spiro atoms. The number of aromatic nitrogens is 3. The molecule has 0 saturated heterocycles. The molecule has 0 radical (unpaired) electrons. The molecule has 0 aliphatic rings. The third-order valence-corrected chi connectivity index (χ3v) is 4.11. The summed E-state index contributed by atoms with van der Waals surface area (Å²) in [5.41, 5.74) is 0. The zero-order valence-electron chi connectivity index (χ0n) is 9.52. The van der Waals surface area contributed by atoms with Crippen molar-refractivity contribution in [3.8, 4) is 0 Å². The van der Waals surface area contributed by atoms with Crippen LogP contribution in [-0.4, -0.2) is 59.0 Å². The lowest BCUT2D eigenvalue weighted by Gasteiger charge is -2.03. The first-order valence-corrected chi connectivity index (χ1v) is 9.85. The van der Waals surface area contributed by atoms with E-state index < -0.39 is 45.0 Å². The van der Waals surface area contributed by atoms with Crippen molar-refractivity contribution in [2.24, 2.45) is 0 Å². The Morgan fingerprint density at radius 3 is 0.833 bits per heavy atom. The van der Waals surface area contributed by atoms with Gasteiger partial charge in [-0.2, -0.15) is 15.0 Å².